The van der Waals surface area contributed by atoms with Crippen LogP contribution >= 0.6 is 15.9 Å². The minimum Gasteiger partial charge on any atom is -0.466 e. The summed E-state index contributed by atoms with van der Waals surface area (Å²) in [4.78, 5) is 11.7. The van der Waals surface area contributed by atoms with Gasteiger partial charge >= 0.3 is 5.97 Å². The Labute approximate surface area is 160 Å². The summed E-state index contributed by atoms with van der Waals surface area (Å²) in [5.41, 5.74) is 1.74. The number of ether oxygens (including phenoxy) is 1. The molecule has 7 heteroatoms. The number of nitrogens with zero attached hydrogens (tertiary/aromatic N) is 1. The van der Waals surface area contributed by atoms with Crippen LogP contribution in [0, 0.1) is 0 Å². The summed E-state index contributed by atoms with van der Waals surface area (Å²) in [6, 6.07) is 15.4. The van der Waals surface area contributed by atoms with E-state index in [4.69, 9.17) is 0 Å². The van der Waals surface area contributed by atoms with Crippen LogP contribution in [0.4, 0.5) is 0 Å². The maximum absolute atomic E-state index is 13.3. The third-order valence-electron chi connectivity index (χ3n) is 3.97. The molecule has 0 radical (unpaired) electrons. The van der Waals surface area contributed by atoms with Gasteiger partial charge in [0.1, 0.15) is 0 Å². The summed E-state index contributed by atoms with van der Waals surface area (Å²) in [7, 11) is -2.58. The number of esters is 1. The van der Waals surface area contributed by atoms with E-state index in [0.29, 0.717) is 16.5 Å². The predicted octanol–water partition coefficient (Wildman–Crippen LogP) is 3.96. The molecular formula is C19H16BrNO4S. The SMILES string of the molecule is COC(=O)/C=C/c1c(CBr)c2ccccc2n1S(=O)(=O)c1ccccc1. The van der Waals surface area contributed by atoms with E-state index in [1.54, 1.807) is 42.5 Å². The fraction of sp³-hybridized carbons (Fsp3) is 0.105. The highest BCUT2D eigenvalue weighted by atomic mass is 79.9. The van der Waals surface area contributed by atoms with E-state index in [-0.39, 0.29) is 4.90 Å². The first-order valence-corrected chi connectivity index (χ1v) is 10.3. The van der Waals surface area contributed by atoms with Crippen LogP contribution in [0.3, 0.4) is 0 Å². The molecule has 5 nitrogen and oxygen atoms in total. The van der Waals surface area contributed by atoms with Crippen molar-refractivity contribution in [3.05, 3.63) is 71.9 Å². The Hall–Kier alpha value is -2.38. The molecule has 0 aliphatic carbocycles. The number of aromatic nitrogens is 1. The molecule has 0 atom stereocenters. The second-order valence-corrected chi connectivity index (χ2v) is 7.80. The molecule has 0 bridgehead atoms. The normalized spacial score (nSPS) is 11.9. The number of fused-ring (bicyclic) bond motifs is 1. The van der Waals surface area contributed by atoms with Crippen molar-refractivity contribution in [1.82, 2.24) is 3.97 Å². The molecule has 0 aliphatic rings. The summed E-state index contributed by atoms with van der Waals surface area (Å²) in [5, 5.41) is 1.24. The van der Waals surface area contributed by atoms with Gasteiger partial charge in [-0.1, -0.05) is 52.3 Å². The second kappa shape index (κ2) is 7.47. The molecular weight excluding hydrogens is 418 g/mol. The highest BCUT2D eigenvalue weighted by molar-refractivity contribution is 9.08. The number of rotatable bonds is 5. The average molecular weight is 434 g/mol. The molecule has 26 heavy (non-hydrogen) atoms. The monoisotopic (exact) mass is 433 g/mol. The summed E-state index contributed by atoms with van der Waals surface area (Å²) in [6.07, 6.45) is 2.69. The second-order valence-electron chi connectivity index (χ2n) is 5.45. The minimum atomic E-state index is -3.85. The van der Waals surface area contributed by atoms with E-state index in [2.05, 4.69) is 20.7 Å². The highest BCUT2D eigenvalue weighted by Crippen LogP contribution is 2.32. The lowest BCUT2D eigenvalue weighted by Crippen LogP contribution is -2.14. The lowest BCUT2D eigenvalue weighted by atomic mass is 10.1. The summed E-state index contributed by atoms with van der Waals surface area (Å²) < 4.78 is 32.5. The van der Waals surface area contributed by atoms with Crippen molar-refractivity contribution in [2.24, 2.45) is 0 Å². The third kappa shape index (κ3) is 3.20. The van der Waals surface area contributed by atoms with E-state index < -0.39 is 16.0 Å². The van der Waals surface area contributed by atoms with E-state index in [1.165, 1.54) is 23.2 Å². The maximum Gasteiger partial charge on any atom is 0.330 e. The van der Waals surface area contributed by atoms with E-state index in [0.717, 1.165) is 10.9 Å². The standard InChI is InChI=1S/C19H16BrNO4S/c1-25-19(22)12-11-18-16(13-20)15-9-5-6-10-17(15)21(18)26(23,24)14-7-3-2-4-8-14/h2-12H,13H2,1H3/b12-11+. The molecule has 2 aromatic carbocycles. The number of carbonyl (C=O) groups is 1. The van der Waals surface area contributed by atoms with E-state index in [9.17, 15) is 13.2 Å². The van der Waals surface area contributed by atoms with E-state index >= 15 is 0 Å². The Kier molecular flexibility index (Phi) is 5.29. The molecule has 0 amide bonds. The first-order valence-electron chi connectivity index (χ1n) is 7.75. The average Bonchev–Trinajstić information content (AvgIpc) is 3.00. The molecule has 1 heterocycles. The van der Waals surface area contributed by atoms with Crippen molar-refractivity contribution in [2.45, 2.75) is 10.2 Å². The number of hydrogen-bond acceptors (Lipinski definition) is 4. The number of methoxy groups -OCH3 is 1. The van der Waals surface area contributed by atoms with Crippen molar-refractivity contribution in [2.75, 3.05) is 7.11 Å². The topological polar surface area (TPSA) is 65.4 Å². The smallest absolute Gasteiger partial charge is 0.330 e. The van der Waals surface area contributed by atoms with Crippen molar-refractivity contribution in [3.8, 4) is 0 Å². The number of alkyl halides is 1. The van der Waals surface area contributed by atoms with Crippen LogP contribution in [0.1, 0.15) is 11.3 Å². The first-order chi connectivity index (χ1) is 12.5. The zero-order chi connectivity index (χ0) is 18.7. The maximum atomic E-state index is 13.3. The largest absolute Gasteiger partial charge is 0.466 e. The van der Waals surface area contributed by atoms with E-state index in [1.807, 2.05) is 12.1 Å². The molecule has 0 N–H and O–H groups in total. The number of benzene rings is 2. The van der Waals surface area contributed by atoms with Crippen LogP contribution in [-0.2, 0) is 24.9 Å². The zero-order valence-corrected chi connectivity index (χ0v) is 16.3. The molecule has 0 spiro atoms. The van der Waals surface area contributed by atoms with Gasteiger partial charge in [0.05, 0.1) is 23.2 Å². The van der Waals surface area contributed by atoms with Gasteiger partial charge in [0, 0.05) is 16.8 Å². The van der Waals surface area contributed by atoms with Crippen molar-refractivity contribution in [3.63, 3.8) is 0 Å². The molecule has 0 saturated carbocycles. The molecule has 0 unspecified atom stereocenters. The van der Waals surface area contributed by atoms with Crippen LogP contribution in [0.15, 0.2) is 65.6 Å². The Morgan fingerprint density at radius 1 is 1.12 bits per heavy atom. The Morgan fingerprint density at radius 2 is 1.77 bits per heavy atom. The van der Waals surface area contributed by atoms with Gasteiger partial charge in [0.25, 0.3) is 10.0 Å². The van der Waals surface area contributed by atoms with Crippen molar-refractivity contribution in [1.29, 1.82) is 0 Å². The minimum absolute atomic E-state index is 0.176. The molecule has 3 aromatic rings. The van der Waals surface area contributed by atoms with Gasteiger partial charge in [-0.2, -0.15) is 0 Å². The highest BCUT2D eigenvalue weighted by Gasteiger charge is 2.25. The molecule has 3 rings (SSSR count). The predicted molar refractivity (Wildman–Crippen MR) is 105 cm³/mol. The molecule has 134 valence electrons. The van der Waals surface area contributed by atoms with Gasteiger partial charge in [0.15, 0.2) is 0 Å². The summed E-state index contributed by atoms with van der Waals surface area (Å²) >= 11 is 3.43. The molecule has 0 aliphatic heterocycles. The van der Waals surface area contributed by atoms with Gasteiger partial charge in [-0.05, 0) is 29.8 Å². The van der Waals surface area contributed by atoms with Crippen LogP contribution in [0.25, 0.3) is 17.0 Å². The number of halogens is 1. The number of para-hydroxylation sites is 1. The number of hydrogen-bond donors (Lipinski definition) is 0. The van der Waals surface area contributed by atoms with Gasteiger partial charge in [-0.3, -0.25) is 0 Å². The zero-order valence-electron chi connectivity index (χ0n) is 13.9. The Bertz CT molecular complexity index is 1090. The summed E-state index contributed by atoms with van der Waals surface area (Å²) in [5.74, 6) is -0.556. The quantitative estimate of drug-likeness (QED) is 0.347. The van der Waals surface area contributed by atoms with Crippen LogP contribution in [-0.4, -0.2) is 25.5 Å². The van der Waals surface area contributed by atoms with Gasteiger partial charge in [-0.15, -0.1) is 0 Å². The Morgan fingerprint density at radius 3 is 2.42 bits per heavy atom. The van der Waals surface area contributed by atoms with Gasteiger partial charge in [-0.25, -0.2) is 17.2 Å². The molecule has 1 aromatic heterocycles. The molecule has 0 fully saturated rings. The third-order valence-corrected chi connectivity index (χ3v) is 6.27. The van der Waals surface area contributed by atoms with Gasteiger partial charge < -0.3 is 4.74 Å². The fourth-order valence-corrected chi connectivity index (χ4v) is 4.93. The fourth-order valence-electron chi connectivity index (χ4n) is 2.78. The van der Waals surface area contributed by atoms with Crippen molar-refractivity contribution < 1.29 is 17.9 Å². The first kappa shape index (κ1) is 18.4. The molecule has 0 saturated heterocycles. The van der Waals surface area contributed by atoms with Gasteiger partial charge in [0.2, 0.25) is 0 Å². The van der Waals surface area contributed by atoms with Crippen molar-refractivity contribution >= 4 is 48.9 Å². The van der Waals surface area contributed by atoms with Crippen LogP contribution < -0.4 is 0 Å². The van der Waals surface area contributed by atoms with Crippen LogP contribution in [0.2, 0.25) is 0 Å². The summed E-state index contributed by atoms with van der Waals surface area (Å²) in [6.45, 7) is 0. The lowest BCUT2D eigenvalue weighted by molar-refractivity contribution is -0.134. The lowest BCUT2D eigenvalue weighted by Gasteiger charge is -2.10. The Balaban J connectivity index is 2.37. The van der Waals surface area contributed by atoms with Crippen LogP contribution in [0.5, 0.6) is 0 Å². The number of carbonyl (C=O) groups excluding carboxylic acids is 1.